The molecule has 11 heteroatoms. The summed E-state index contributed by atoms with van der Waals surface area (Å²) in [7, 11) is 0. The summed E-state index contributed by atoms with van der Waals surface area (Å²) in [6.45, 7) is 3.52. The van der Waals surface area contributed by atoms with E-state index in [0.717, 1.165) is 51.6 Å². The standard InChI is InChI=1S/C40H36F2N6O3/c41-31-11-3-8-25-7-2-10-29(33(25)31)35-34(42)36-30(20-44-35)37(46-39(45-36)50-23-40-14-4-16-48(40)17-5-15-40)47-21-26-12-13-27(22-47)32(26)38(49)51-28-9-1-6-24(18-28)19-43/h1-3,6-11,18,20,26-27,32H,4-5,12-17,21-23H2/t26-,27+,32?. The lowest BCUT2D eigenvalue weighted by molar-refractivity contribution is -0.142. The minimum Gasteiger partial charge on any atom is -0.461 e. The minimum atomic E-state index is -0.667. The second-order valence-corrected chi connectivity index (χ2v) is 14.5. The molecule has 0 amide bonds. The number of benzene rings is 3. The van der Waals surface area contributed by atoms with Crippen molar-refractivity contribution in [1.29, 1.82) is 5.26 Å². The molecule has 1 saturated carbocycles. The van der Waals surface area contributed by atoms with Gasteiger partial charge in [-0.15, -0.1) is 0 Å². The van der Waals surface area contributed by atoms with Crippen molar-refractivity contribution in [2.45, 2.75) is 44.1 Å². The zero-order valence-corrected chi connectivity index (χ0v) is 28.0. The number of hydrogen-bond acceptors (Lipinski definition) is 9. The van der Waals surface area contributed by atoms with Gasteiger partial charge in [0, 0.05) is 30.2 Å². The lowest BCUT2D eigenvalue weighted by Crippen LogP contribution is -2.46. The van der Waals surface area contributed by atoms with Crippen LogP contribution in [0.3, 0.4) is 0 Å². The largest absolute Gasteiger partial charge is 0.461 e. The average molecular weight is 687 g/mol. The van der Waals surface area contributed by atoms with Gasteiger partial charge in [0.25, 0.3) is 0 Å². The molecule has 0 radical (unpaired) electrons. The Balaban J connectivity index is 1.08. The second-order valence-electron chi connectivity index (χ2n) is 14.5. The minimum absolute atomic E-state index is 0.00662. The lowest BCUT2D eigenvalue weighted by Gasteiger charge is -2.38. The summed E-state index contributed by atoms with van der Waals surface area (Å²) in [4.78, 5) is 32.3. The number of anilines is 1. The van der Waals surface area contributed by atoms with Crippen LogP contribution in [0.5, 0.6) is 11.8 Å². The van der Waals surface area contributed by atoms with E-state index in [4.69, 9.17) is 14.5 Å². The highest BCUT2D eigenvalue weighted by atomic mass is 19.1. The van der Waals surface area contributed by atoms with Crippen LogP contribution in [0.1, 0.15) is 44.1 Å². The van der Waals surface area contributed by atoms with Crippen molar-refractivity contribution >= 4 is 33.5 Å². The van der Waals surface area contributed by atoms with Crippen LogP contribution in [0.4, 0.5) is 14.6 Å². The van der Waals surface area contributed by atoms with Crippen molar-refractivity contribution in [3.05, 3.63) is 84.1 Å². The first-order valence-electron chi connectivity index (χ1n) is 17.8. The Morgan fingerprint density at radius 2 is 1.73 bits per heavy atom. The zero-order chi connectivity index (χ0) is 34.7. The molecule has 3 aliphatic heterocycles. The SMILES string of the molecule is N#Cc1cccc(OC(=O)C2[C@@H]3CC[C@H]2CN(c2nc(OCC45CCCN4CCC5)nc4c(F)c(-c5cccc6cccc(F)c56)ncc24)C3)c1. The Labute approximate surface area is 293 Å². The predicted molar refractivity (Wildman–Crippen MR) is 187 cm³/mol. The number of nitriles is 1. The van der Waals surface area contributed by atoms with E-state index >= 15 is 8.78 Å². The summed E-state index contributed by atoms with van der Waals surface area (Å²) in [5.74, 6) is -0.888. The molecule has 1 unspecified atom stereocenters. The maximum absolute atomic E-state index is 16.9. The third-order valence-electron chi connectivity index (χ3n) is 11.6. The van der Waals surface area contributed by atoms with E-state index in [1.165, 1.54) is 6.07 Å². The molecule has 3 saturated heterocycles. The zero-order valence-electron chi connectivity index (χ0n) is 28.0. The molecule has 2 bridgehead atoms. The van der Waals surface area contributed by atoms with E-state index in [9.17, 15) is 10.1 Å². The lowest BCUT2D eigenvalue weighted by atomic mass is 9.85. The normalized spacial score (nSPS) is 22.3. The fourth-order valence-corrected chi connectivity index (χ4v) is 9.26. The Morgan fingerprint density at radius 1 is 0.980 bits per heavy atom. The number of aromatic nitrogens is 3. The van der Waals surface area contributed by atoms with E-state index in [1.807, 2.05) is 0 Å². The summed E-state index contributed by atoms with van der Waals surface area (Å²) in [6.07, 6.45) is 7.56. The Bertz CT molecular complexity index is 2210. The number of esters is 1. The molecule has 4 aliphatic rings. The molecule has 0 N–H and O–H groups in total. The quantitative estimate of drug-likeness (QED) is 0.131. The van der Waals surface area contributed by atoms with Gasteiger partial charge >= 0.3 is 12.0 Å². The first-order chi connectivity index (χ1) is 24.9. The first-order valence-corrected chi connectivity index (χ1v) is 17.8. The van der Waals surface area contributed by atoms with Crippen LogP contribution >= 0.6 is 0 Å². The van der Waals surface area contributed by atoms with Crippen LogP contribution in [-0.4, -0.2) is 64.1 Å². The van der Waals surface area contributed by atoms with Gasteiger partial charge in [0.15, 0.2) is 5.82 Å². The van der Waals surface area contributed by atoms with Gasteiger partial charge < -0.3 is 14.4 Å². The van der Waals surface area contributed by atoms with Gasteiger partial charge in [0.2, 0.25) is 0 Å². The van der Waals surface area contributed by atoms with Crippen LogP contribution in [0.25, 0.3) is 32.9 Å². The summed E-state index contributed by atoms with van der Waals surface area (Å²) < 4.78 is 44.2. The summed E-state index contributed by atoms with van der Waals surface area (Å²) in [5, 5.41) is 10.7. The smallest absolute Gasteiger partial charge is 0.319 e. The number of carbonyl (C=O) groups is 1. The summed E-state index contributed by atoms with van der Waals surface area (Å²) in [6, 6.07) is 18.8. The first kappa shape index (κ1) is 31.7. The maximum Gasteiger partial charge on any atom is 0.319 e. The van der Waals surface area contributed by atoms with Gasteiger partial charge in [-0.05, 0) is 93.1 Å². The van der Waals surface area contributed by atoms with Crippen LogP contribution in [-0.2, 0) is 4.79 Å². The number of piperidine rings is 1. The van der Waals surface area contributed by atoms with Crippen LogP contribution in [0, 0.1) is 40.7 Å². The number of carbonyl (C=O) groups excluding carboxylic acids is 1. The molecule has 3 aromatic carbocycles. The molecule has 5 aromatic rings. The van der Waals surface area contributed by atoms with Crippen molar-refractivity contribution in [2.75, 3.05) is 37.7 Å². The number of pyridine rings is 1. The van der Waals surface area contributed by atoms with Crippen molar-refractivity contribution in [3.8, 4) is 29.1 Å². The summed E-state index contributed by atoms with van der Waals surface area (Å²) in [5.41, 5.74) is 0.774. The Morgan fingerprint density at radius 3 is 2.49 bits per heavy atom. The average Bonchev–Trinajstić information content (AvgIpc) is 3.81. The van der Waals surface area contributed by atoms with Crippen molar-refractivity contribution in [1.82, 2.24) is 19.9 Å². The van der Waals surface area contributed by atoms with E-state index < -0.39 is 11.6 Å². The predicted octanol–water partition coefficient (Wildman–Crippen LogP) is 7.07. The highest BCUT2D eigenvalue weighted by molar-refractivity contribution is 5.99. The van der Waals surface area contributed by atoms with Crippen LogP contribution in [0.2, 0.25) is 0 Å². The molecule has 51 heavy (non-hydrogen) atoms. The van der Waals surface area contributed by atoms with Gasteiger partial charge in [-0.1, -0.05) is 36.4 Å². The van der Waals surface area contributed by atoms with E-state index in [1.54, 1.807) is 60.8 Å². The van der Waals surface area contributed by atoms with Crippen LogP contribution in [0.15, 0.2) is 66.9 Å². The van der Waals surface area contributed by atoms with Gasteiger partial charge in [0.05, 0.1) is 28.5 Å². The molecule has 0 spiro atoms. The number of nitrogens with zero attached hydrogens (tertiary/aromatic N) is 6. The summed E-state index contributed by atoms with van der Waals surface area (Å²) >= 11 is 0. The van der Waals surface area contributed by atoms with Crippen LogP contribution < -0.4 is 14.4 Å². The number of ether oxygens (including phenoxy) is 2. The van der Waals surface area contributed by atoms with E-state index in [-0.39, 0.29) is 46.5 Å². The molecular weight excluding hydrogens is 650 g/mol. The molecule has 2 aromatic heterocycles. The van der Waals surface area contributed by atoms with Crippen molar-refractivity contribution in [2.24, 2.45) is 17.8 Å². The van der Waals surface area contributed by atoms with E-state index in [0.29, 0.717) is 58.5 Å². The van der Waals surface area contributed by atoms with Crippen molar-refractivity contribution < 1.29 is 23.0 Å². The van der Waals surface area contributed by atoms with Gasteiger partial charge in [-0.25, -0.2) is 8.78 Å². The molecule has 5 heterocycles. The molecule has 4 fully saturated rings. The number of rotatable bonds is 7. The molecule has 3 atom stereocenters. The highest BCUT2D eigenvalue weighted by Crippen LogP contribution is 2.46. The number of halogens is 2. The monoisotopic (exact) mass is 686 g/mol. The second kappa shape index (κ2) is 12.5. The Hall–Kier alpha value is -5.21. The number of hydrogen-bond donors (Lipinski definition) is 0. The molecule has 1 aliphatic carbocycles. The molecule has 9 nitrogen and oxygen atoms in total. The maximum atomic E-state index is 16.9. The van der Waals surface area contributed by atoms with Crippen molar-refractivity contribution in [3.63, 3.8) is 0 Å². The molecule has 258 valence electrons. The molecule has 9 rings (SSSR count). The topological polar surface area (TPSA) is 104 Å². The van der Waals surface area contributed by atoms with Gasteiger partial charge in [-0.3, -0.25) is 14.7 Å². The van der Waals surface area contributed by atoms with Gasteiger partial charge in [-0.2, -0.15) is 15.2 Å². The number of fused-ring (bicyclic) bond motifs is 5. The van der Waals surface area contributed by atoms with E-state index in [2.05, 4.69) is 25.8 Å². The third kappa shape index (κ3) is 5.44. The third-order valence-corrected chi connectivity index (χ3v) is 11.6. The fraction of sp³-hybridized carbons (Fsp3) is 0.375. The highest BCUT2D eigenvalue weighted by Gasteiger charge is 2.48. The fourth-order valence-electron chi connectivity index (χ4n) is 9.26. The van der Waals surface area contributed by atoms with Gasteiger partial charge in [0.1, 0.15) is 35.2 Å². The molecular formula is C40H36F2N6O3. The Kier molecular flexibility index (Phi) is 7.80.